The zero-order valence-electron chi connectivity index (χ0n) is 22.2. The molecule has 41 heavy (non-hydrogen) atoms. The highest BCUT2D eigenvalue weighted by Crippen LogP contribution is 2.41. The molecule has 1 atom stereocenters. The minimum absolute atomic E-state index is 0.180. The van der Waals surface area contributed by atoms with Crippen LogP contribution < -0.4 is 14.8 Å². The molecule has 3 aliphatic heterocycles. The third-order valence-electron chi connectivity index (χ3n) is 7.97. The number of halogens is 3. The van der Waals surface area contributed by atoms with E-state index < -0.39 is 23.7 Å². The van der Waals surface area contributed by atoms with Crippen LogP contribution in [0.25, 0.3) is 0 Å². The van der Waals surface area contributed by atoms with Gasteiger partial charge in [0.05, 0.1) is 24.6 Å². The third kappa shape index (κ3) is 6.00. The lowest BCUT2D eigenvalue weighted by molar-refractivity contribution is -0.275. The summed E-state index contributed by atoms with van der Waals surface area (Å²) in [5, 5.41) is 12.3. The lowest BCUT2D eigenvalue weighted by Crippen LogP contribution is -2.52. The van der Waals surface area contributed by atoms with Gasteiger partial charge in [0.15, 0.2) is 0 Å². The van der Waals surface area contributed by atoms with E-state index in [1.807, 2.05) is 0 Å². The fraction of sp³-hybridized carbons (Fsp3) is 0.448. The number of ether oxygens (including phenoxy) is 2. The molecule has 216 valence electrons. The number of alkyl halides is 3. The van der Waals surface area contributed by atoms with Crippen molar-refractivity contribution in [2.24, 2.45) is 0 Å². The Labute approximate surface area is 234 Å². The molecule has 3 heterocycles. The predicted molar refractivity (Wildman–Crippen MR) is 139 cm³/mol. The highest BCUT2D eigenvalue weighted by Gasteiger charge is 2.42. The first-order valence-electron chi connectivity index (χ1n) is 13.5. The van der Waals surface area contributed by atoms with E-state index in [1.165, 1.54) is 23.1 Å². The summed E-state index contributed by atoms with van der Waals surface area (Å²) in [6.45, 7) is 2.32. The molecule has 5 rings (SSSR count). The number of benzene rings is 2. The van der Waals surface area contributed by atoms with Crippen LogP contribution in [-0.2, 0) is 21.5 Å². The largest absolute Gasteiger partial charge is 0.573 e. The average Bonchev–Trinajstić information content (AvgIpc) is 3.27. The minimum atomic E-state index is -4.84. The maximum atomic E-state index is 13.0. The maximum Gasteiger partial charge on any atom is 0.573 e. The van der Waals surface area contributed by atoms with Gasteiger partial charge in [-0.15, -0.1) is 13.2 Å². The maximum absolute atomic E-state index is 13.0. The van der Waals surface area contributed by atoms with Gasteiger partial charge in [0, 0.05) is 29.7 Å². The molecule has 0 aliphatic carbocycles. The number of amides is 3. The molecule has 0 saturated carbocycles. The van der Waals surface area contributed by atoms with Gasteiger partial charge >= 0.3 is 6.36 Å². The highest BCUT2D eigenvalue weighted by atomic mass is 19.4. The quantitative estimate of drug-likeness (QED) is 0.381. The van der Waals surface area contributed by atoms with E-state index in [1.54, 1.807) is 24.3 Å². The van der Waals surface area contributed by atoms with Crippen LogP contribution in [0.15, 0.2) is 42.5 Å². The van der Waals surface area contributed by atoms with Gasteiger partial charge in [-0.3, -0.25) is 19.7 Å². The van der Waals surface area contributed by atoms with Crippen molar-refractivity contribution in [2.75, 3.05) is 26.2 Å². The van der Waals surface area contributed by atoms with Gasteiger partial charge in [-0.1, -0.05) is 24.3 Å². The lowest BCUT2D eigenvalue weighted by Gasteiger charge is -2.38. The molecule has 2 aromatic rings. The van der Waals surface area contributed by atoms with Gasteiger partial charge in [-0.05, 0) is 57.0 Å². The molecule has 0 radical (unpaired) electrons. The van der Waals surface area contributed by atoms with Crippen molar-refractivity contribution in [1.29, 1.82) is 5.26 Å². The monoisotopic (exact) mass is 570 g/mol. The molecule has 0 aromatic heterocycles. The van der Waals surface area contributed by atoms with Crippen LogP contribution in [0.2, 0.25) is 0 Å². The van der Waals surface area contributed by atoms with Gasteiger partial charge in [0.25, 0.3) is 5.91 Å². The molecule has 0 bridgehead atoms. The molecule has 2 fully saturated rings. The first kappa shape index (κ1) is 28.4. The Kier molecular flexibility index (Phi) is 7.91. The second-order valence-electron chi connectivity index (χ2n) is 10.5. The number of nitriles is 1. The summed E-state index contributed by atoms with van der Waals surface area (Å²) < 4.78 is 49.0. The number of imide groups is 1. The SMILES string of the molecule is N#CC1(c2ccccc2OC(F)(F)F)CCN(CCCOc2cccc3c2CN(C2CCC(=O)NC2=O)C3=O)CC1. The van der Waals surface area contributed by atoms with E-state index in [0.29, 0.717) is 62.4 Å². The summed E-state index contributed by atoms with van der Waals surface area (Å²) in [6.07, 6.45) is -2.99. The van der Waals surface area contributed by atoms with E-state index >= 15 is 0 Å². The number of carbonyl (C=O) groups excluding carboxylic acids is 3. The van der Waals surface area contributed by atoms with Crippen molar-refractivity contribution in [2.45, 2.75) is 56.5 Å². The van der Waals surface area contributed by atoms with Gasteiger partial charge < -0.3 is 19.3 Å². The van der Waals surface area contributed by atoms with Crippen LogP contribution in [0.3, 0.4) is 0 Å². The Balaban J connectivity index is 1.14. The number of para-hydroxylation sites is 1. The fourth-order valence-electron chi connectivity index (χ4n) is 5.84. The Morgan fingerprint density at radius 3 is 2.49 bits per heavy atom. The van der Waals surface area contributed by atoms with Crippen LogP contribution in [-0.4, -0.2) is 66.2 Å². The van der Waals surface area contributed by atoms with Crippen LogP contribution in [0.4, 0.5) is 13.2 Å². The fourth-order valence-corrected chi connectivity index (χ4v) is 5.84. The number of nitrogens with one attached hydrogen (secondary N) is 1. The van der Waals surface area contributed by atoms with Crippen molar-refractivity contribution < 1.29 is 37.0 Å². The molecule has 9 nitrogen and oxygen atoms in total. The average molecular weight is 571 g/mol. The van der Waals surface area contributed by atoms with Gasteiger partial charge in [-0.2, -0.15) is 5.26 Å². The number of carbonyl (C=O) groups is 3. The zero-order valence-corrected chi connectivity index (χ0v) is 22.2. The Bertz CT molecular complexity index is 1380. The second-order valence-corrected chi connectivity index (χ2v) is 10.5. The van der Waals surface area contributed by atoms with Crippen molar-refractivity contribution in [3.05, 3.63) is 59.2 Å². The van der Waals surface area contributed by atoms with Crippen molar-refractivity contribution in [3.8, 4) is 17.6 Å². The van der Waals surface area contributed by atoms with Crippen molar-refractivity contribution in [1.82, 2.24) is 15.1 Å². The molecule has 12 heteroatoms. The number of hydrogen-bond donors (Lipinski definition) is 1. The molecule has 1 unspecified atom stereocenters. The summed E-state index contributed by atoms with van der Waals surface area (Å²) >= 11 is 0. The van der Waals surface area contributed by atoms with E-state index in [4.69, 9.17) is 4.74 Å². The van der Waals surface area contributed by atoms with Crippen LogP contribution in [0, 0.1) is 11.3 Å². The molecule has 2 saturated heterocycles. The number of likely N-dealkylation sites (tertiary alicyclic amines) is 1. The Morgan fingerprint density at radius 2 is 1.78 bits per heavy atom. The summed E-state index contributed by atoms with van der Waals surface area (Å²) in [5.41, 5.74) is 0.367. The van der Waals surface area contributed by atoms with Gasteiger partial charge in [0.1, 0.15) is 17.5 Å². The first-order valence-corrected chi connectivity index (χ1v) is 13.5. The van der Waals surface area contributed by atoms with Crippen LogP contribution in [0.1, 0.15) is 53.6 Å². The molecule has 2 aromatic carbocycles. The highest BCUT2D eigenvalue weighted by molar-refractivity contribution is 6.05. The molecule has 1 N–H and O–H groups in total. The summed E-state index contributed by atoms with van der Waals surface area (Å²) in [6, 6.07) is 12.6. The third-order valence-corrected chi connectivity index (χ3v) is 7.97. The van der Waals surface area contributed by atoms with E-state index in [9.17, 15) is 32.8 Å². The smallest absolute Gasteiger partial charge is 0.493 e. The van der Waals surface area contributed by atoms with Gasteiger partial charge in [-0.25, -0.2) is 0 Å². The number of rotatable bonds is 8. The minimum Gasteiger partial charge on any atom is -0.493 e. The van der Waals surface area contributed by atoms with Crippen LogP contribution >= 0.6 is 0 Å². The summed E-state index contributed by atoms with van der Waals surface area (Å²) in [5.74, 6) is -0.853. The van der Waals surface area contributed by atoms with Crippen molar-refractivity contribution >= 4 is 17.7 Å². The van der Waals surface area contributed by atoms with E-state index in [2.05, 4.69) is 21.0 Å². The Hall–Kier alpha value is -4.11. The molecule has 3 amide bonds. The first-order chi connectivity index (χ1) is 19.6. The zero-order chi connectivity index (χ0) is 29.2. The second kappa shape index (κ2) is 11.4. The topological polar surface area (TPSA) is 112 Å². The lowest BCUT2D eigenvalue weighted by atomic mass is 9.73. The number of hydrogen-bond acceptors (Lipinski definition) is 7. The van der Waals surface area contributed by atoms with E-state index in [-0.39, 0.29) is 42.5 Å². The normalized spacial score (nSPS) is 20.8. The van der Waals surface area contributed by atoms with Crippen LogP contribution in [0.5, 0.6) is 11.5 Å². The number of fused-ring (bicyclic) bond motifs is 1. The predicted octanol–water partition coefficient (Wildman–Crippen LogP) is 3.67. The van der Waals surface area contributed by atoms with E-state index in [0.717, 1.165) is 0 Å². The molecular weight excluding hydrogens is 541 g/mol. The van der Waals surface area contributed by atoms with Crippen molar-refractivity contribution in [3.63, 3.8) is 0 Å². The summed E-state index contributed by atoms with van der Waals surface area (Å²) in [4.78, 5) is 40.4. The summed E-state index contributed by atoms with van der Waals surface area (Å²) in [7, 11) is 0. The Morgan fingerprint density at radius 1 is 1.05 bits per heavy atom. The number of nitrogens with zero attached hydrogens (tertiary/aromatic N) is 3. The number of piperidine rings is 2. The standard InChI is InChI=1S/C29H29F3N4O5/c30-29(31,32)41-24-7-2-1-6-21(24)28(18-33)11-14-35(15-12-28)13-4-16-40-23-8-3-5-19-20(23)17-36(27(19)39)22-9-10-25(37)34-26(22)38/h1-3,5-8,22H,4,9-17H2,(H,34,37,38). The molecule has 0 spiro atoms. The molecular formula is C29H29F3N4O5. The molecule has 3 aliphatic rings. The van der Waals surface area contributed by atoms with Gasteiger partial charge in [0.2, 0.25) is 11.8 Å².